The molecule has 3 heteroatoms. The number of carbonyl (C=O) groups is 1. The molecular formula is C31H51ClO2. The number of halogens is 1. The smallest absolute Gasteiger partial charge is 0.306 e. The predicted octanol–water partition coefficient (Wildman–Crippen LogP) is 8.96. The highest BCUT2D eigenvalue weighted by atomic mass is 35.5. The van der Waals surface area contributed by atoms with E-state index in [1.165, 1.54) is 57.8 Å². The van der Waals surface area contributed by atoms with E-state index in [-0.39, 0.29) is 12.1 Å². The molecule has 0 saturated heterocycles. The van der Waals surface area contributed by atoms with Gasteiger partial charge in [0.15, 0.2) is 0 Å². The van der Waals surface area contributed by atoms with Crippen molar-refractivity contribution in [3.05, 3.63) is 11.6 Å². The number of fused-ring (bicyclic) bond motifs is 5. The normalized spacial score (nSPS) is 40.2. The number of alkyl halides is 1. The van der Waals surface area contributed by atoms with Crippen LogP contribution in [0.3, 0.4) is 0 Å². The van der Waals surface area contributed by atoms with Crippen molar-refractivity contribution in [1.29, 1.82) is 0 Å². The van der Waals surface area contributed by atoms with Gasteiger partial charge in [-0.05, 0) is 97.7 Å². The molecule has 0 spiro atoms. The highest BCUT2D eigenvalue weighted by Gasteiger charge is 2.59. The van der Waals surface area contributed by atoms with E-state index in [1.807, 2.05) is 0 Å². The molecule has 4 aliphatic carbocycles. The van der Waals surface area contributed by atoms with Gasteiger partial charge in [0.05, 0.1) is 0 Å². The molecule has 0 amide bonds. The molecule has 4 aliphatic rings. The Morgan fingerprint density at radius 2 is 1.85 bits per heavy atom. The van der Waals surface area contributed by atoms with Crippen molar-refractivity contribution in [2.24, 2.45) is 46.3 Å². The van der Waals surface area contributed by atoms with Gasteiger partial charge in [-0.25, -0.2) is 0 Å². The van der Waals surface area contributed by atoms with Crippen molar-refractivity contribution in [2.45, 2.75) is 124 Å². The monoisotopic (exact) mass is 490 g/mol. The summed E-state index contributed by atoms with van der Waals surface area (Å²) in [7, 11) is 0. The van der Waals surface area contributed by atoms with Crippen LogP contribution in [-0.4, -0.2) is 18.0 Å². The van der Waals surface area contributed by atoms with Crippen LogP contribution >= 0.6 is 11.6 Å². The van der Waals surface area contributed by atoms with Crippen LogP contribution in [0.2, 0.25) is 0 Å². The summed E-state index contributed by atoms with van der Waals surface area (Å²) in [5.74, 6) is 5.70. The molecule has 0 heterocycles. The summed E-state index contributed by atoms with van der Waals surface area (Å²) >= 11 is 5.75. The quantitative estimate of drug-likeness (QED) is 0.183. The SMILES string of the molecule is CC(C)CCC[C@H](C)[C@H]1CC[C@H]2[C@@H]3CC=C4C[C@@H](OC(=O)CCCCl)CC[C@]4(C)[C@H]3CC[C@]12C. The van der Waals surface area contributed by atoms with Gasteiger partial charge in [0.2, 0.25) is 0 Å². The summed E-state index contributed by atoms with van der Waals surface area (Å²) in [6, 6.07) is 0. The molecular weight excluding hydrogens is 440 g/mol. The van der Waals surface area contributed by atoms with Crippen LogP contribution in [0.15, 0.2) is 11.6 Å². The van der Waals surface area contributed by atoms with E-state index in [9.17, 15) is 4.79 Å². The Kier molecular flexibility index (Phi) is 8.48. The summed E-state index contributed by atoms with van der Waals surface area (Å²) < 4.78 is 5.86. The minimum atomic E-state index is -0.0588. The number of ether oxygens (including phenoxy) is 1. The van der Waals surface area contributed by atoms with Gasteiger partial charge in [-0.3, -0.25) is 4.79 Å². The zero-order valence-corrected chi connectivity index (χ0v) is 23.5. The summed E-state index contributed by atoms with van der Waals surface area (Å²) in [4.78, 5) is 12.2. The first-order valence-corrected chi connectivity index (χ1v) is 15.2. The van der Waals surface area contributed by atoms with Crippen molar-refractivity contribution < 1.29 is 9.53 Å². The number of carbonyl (C=O) groups excluding carboxylic acids is 1. The lowest BCUT2D eigenvalue weighted by atomic mass is 9.47. The summed E-state index contributed by atoms with van der Waals surface area (Å²) in [6.07, 6.45) is 18.3. The maximum Gasteiger partial charge on any atom is 0.306 e. The molecule has 0 aromatic heterocycles. The minimum Gasteiger partial charge on any atom is -0.462 e. The van der Waals surface area contributed by atoms with E-state index in [4.69, 9.17) is 16.3 Å². The molecule has 0 aromatic carbocycles. The first kappa shape index (κ1) is 26.6. The van der Waals surface area contributed by atoms with Gasteiger partial charge in [-0.1, -0.05) is 65.5 Å². The van der Waals surface area contributed by atoms with Crippen molar-refractivity contribution in [2.75, 3.05) is 5.88 Å². The lowest BCUT2D eigenvalue weighted by molar-refractivity contribution is -0.151. The van der Waals surface area contributed by atoms with Gasteiger partial charge in [-0.2, -0.15) is 0 Å². The second-order valence-corrected chi connectivity index (χ2v) is 13.8. The largest absolute Gasteiger partial charge is 0.462 e. The lowest BCUT2D eigenvalue weighted by Crippen LogP contribution is -2.51. The first-order chi connectivity index (χ1) is 16.2. The number of hydrogen-bond donors (Lipinski definition) is 0. The molecule has 3 saturated carbocycles. The van der Waals surface area contributed by atoms with Crippen molar-refractivity contribution in [3.8, 4) is 0 Å². The standard InChI is InChI=1S/C31H51ClO2/c1-21(2)8-6-9-22(3)26-13-14-27-25-12-11-23-20-24(34-29(33)10-7-19-32)15-17-30(23,4)28(25)16-18-31(26,27)5/h11,21-22,24-28H,6-10,12-20H2,1-5H3/t22-,24-,25-,26+,27-,28-,30-,31+/m0/s1. The average Bonchev–Trinajstić information content (AvgIpc) is 3.15. The number of hydrogen-bond acceptors (Lipinski definition) is 2. The van der Waals surface area contributed by atoms with Crippen LogP contribution in [0, 0.1) is 46.3 Å². The second kappa shape index (κ2) is 10.9. The first-order valence-electron chi connectivity index (χ1n) is 14.6. The summed E-state index contributed by atoms with van der Waals surface area (Å²) in [5, 5.41) is 0. The molecule has 4 rings (SSSR count). The molecule has 0 aliphatic heterocycles. The molecule has 0 unspecified atom stereocenters. The van der Waals surface area contributed by atoms with E-state index < -0.39 is 0 Å². The minimum absolute atomic E-state index is 0.0588. The molecule has 0 N–H and O–H groups in total. The van der Waals surface area contributed by atoms with Crippen LogP contribution in [-0.2, 0) is 9.53 Å². The molecule has 0 radical (unpaired) electrons. The third-order valence-electron chi connectivity index (χ3n) is 11.1. The Bertz CT molecular complexity index is 744. The fourth-order valence-corrected chi connectivity index (χ4v) is 9.34. The van der Waals surface area contributed by atoms with Crippen LogP contribution < -0.4 is 0 Å². The Labute approximate surface area is 215 Å². The third-order valence-corrected chi connectivity index (χ3v) is 11.3. The third kappa shape index (κ3) is 5.14. The number of allylic oxidation sites excluding steroid dienone is 1. The predicted molar refractivity (Wildman–Crippen MR) is 143 cm³/mol. The van der Waals surface area contributed by atoms with Crippen LogP contribution in [0.5, 0.6) is 0 Å². The molecule has 2 nitrogen and oxygen atoms in total. The van der Waals surface area contributed by atoms with Crippen molar-refractivity contribution >= 4 is 17.6 Å². The van der Waals surface area contributed by atoms with Gasteiger partial charge in [0.1, 0.15) is 6.10 Å². The maximum atomic E-state index is 12.2. The average molecular weight is 491 g/mol. The molecule has 3 fully saturated rings. The number of esters is 1. The zero-order valence-electron chi connectivity index (χ0n) is 22.7. The fourth-order valence-electron chi connectivity index (χ4n) is 9.21. The lowest BCUT2D eigenvalue weighted by Gasteiger charge is -2.58. The van der Waals surface area contributed by atoms with Gasteiger partial charge in [0.25, 0.3) is 0 Å². The fraction of sp³-hybridized carbons (Fsp3) is 0.903. The van der Waals surface area contributed by atoms with Crippen LogP contribution in [0.4, 0.5) is 0 Å². The van der Waals surface area contributed by atoms with Gasteiger partial charge in [-0.15, -0.1) is 11.6 Å². The van der Waals surface area contributed by atoms with E-state index in [2.05, 4.69) is 40.7 Å². The molecule has 34 heavy (non-hydrogen) atoms. The van der Waals surface area contributed by atoms with Crippen LogP contribution in [0.1, 0.15) is 118 Å². The molecule has 194 valence electrons. The van der Waals surface area contributed by atoms with E-state index in [0.29, 0.717) is 23.1 Å². The highest BCUT2D eigenvalue weighted by Crippen LogP contribution is 2.67. The molecule has 8 atom stereocenters. The molecule has 0 bridgehead atoms. The summed E-state index contributed by atoms with van der Waals surface area (Å²) in [5.41, 5.74) is 2.48. The Balaban J connectivity index is 1.41. The molecule has 0 aromatic rings. The van der Waals surface area contributed by atoms with Crippen molar-refractivity contribution in [3.63, 3.8) is 0 Å². The van der Waals surface area contributed by atoms with E-state index in [0.717, 1.165) is 54.8 Å². The highest BCUT2D eigenvalue weighted by molar-refractivity contribution is 6.17. The Morgan fingerprint density at radius 1 is 1.06 bits per heavy atom. The van der Waals surface area contributed by atoms with E-state index >= 15 is 0 Å². The van der Waals surface area contributed by atoms with E-state index in [1.54, 1.807) is 5.57 Å². The zero-order chi connectivity index (χ0) is 24.5. The van der Waals surface area contributed by atoms with Crippen LogP contribution in [0.25, 0.3) is 0 Å². The maximum absolute atomic E-state index is 12.2. The Hall–Kier alpha value is -0.500. The Morgan fingerprint density at radius 3 is 2.59 bits per heavy atom. The van der Waals surface area contributed by atoms with Gasteiger partial charge >= 0.3 is 5.97 Å². The van der Waals surface area contributed by atoms with Gasteiger partial charge < -0.3 is 4.74 Å². The van der Waals surface area contributed by atoms with Gasteiger partial charge in [0, 0.05) is 18.7 Å². The summed E-state index contributed by atoms with van der Waals surface area (Å²) in [6.45, 7) is 12.5. The van der Waals surface area contributed by atoms with Crippen molar-refractivity contribution in [1.82, 2.24) is 0 Å². The number of rotatable bonds is 9. The topological polar surface area (TPSA) is 26.3 Å². The second-order valence-electron chi connectivity index (χ2n) is 13.4.